The third-order valence-electron chi connectivity index (χ3n) is 3.47. The molecule has 0 spiro atoms. The van der Waals surface area contributed by atoms with Gasteiger partial charge in [-0.25, -0.2) is 0 Å². The first-order valence-corrected chi connectivity index (χ1v) is 6.56. The van der Waals surface area contributed by atoms with E-state index in [0.29, 0.717) is 6.04 Å². The van der Waals surface area contributed by atoms with Crippen LogP contribution >= 0.6 is 0 Å². The van der Waals surface area contributed by atoms with E-state index in [4.69, 9.17) is 0 Å². The van der Waals surface area contributed by atoms with E-state index in [-0.39, 0.29) is 11.3 Å². The lowest BCUT2D eigenvalue weighted by Crippen LogP contribution is -2.43. The van der Waals surface area contributed by atoms with E-state index in [1.165, 1.54) is 19.3 Å². The van der Waals surface area contributed by atoms with Crippen LogP contribution < -0.4 is 10.6 Å². The monoisotopic (exact) mass is 226 g/mol. The van der Waals surface area contributed by atoms with Crippen molar-refractivity contribution < 1.29 is 4.79 Å². The number of carbonyl (C=O) groups excluding carboxylic acids is 1. The van der Waals surface area contributed by atoms with Gasteiger partial charge in [0.2, 0.25) is 5.91 Å². The molecule has 1 aliphatic carbocycles. The fourth-order valence-corrected chi connectivity index (χ4v) is 2.31. The molecule has 94 valence electrons. The normalized spacial score (nSPS) is 19.8. The molecule has 0 bridgehead atoms. The van der Waals surface area contributed by atoms with Crippen LogP contribution in [-0.2, 0) is 4.79 Å². The van der Waals surface area contributed by atoms with Gasteiger partial charge in [-0.05, 0) is 12.8 Å². The Morgan fingerprint density at radius 1 is 1.19 bits per heavy atom. The summed E-state index contributed by atoms with van der Waals surface area (Å²) in [6, 6.07) is 0.488. The van der Waals surface area contributed by atoms with Crippen molar-refractivity contribution in [1.82, 2.24) is 10.6 Å². The van der Waals surface area contributed by atoms with E-state index >= 15 is 0 Å². The van der Waals surface area contributed by atoms with Crippen LogP contribution in [0.5, 0.6) is 0 Å². The van der Waals surface area contributed by atoms with Crippen LogP contribution in [0.25, 0.3) is 0 Å². The minimum absolute atomic E-state index is 0.101. The molecule has 0 saturated heterocycles. The van der Waals surface area contributed by atoms with Gasteiger partial charge in [-0.1, -0.05) is 40.0 Å². The first-order chi connectivity index (χ1) is 7.54. The highest BCUT2D eigenvalue weighted by Gasteiger charge is 2.33. The standard InChI is InChI=1S/C13H26N2O/c1-11(2)14-9-10-15-12(16)13(3)7-5-4-6-8-13/h11,14H,4-10H2,1-3H3,(H,15,16). The van der Waals surface area contributed by atoms with Crippen molar-refractivity contribution in [1.29, 1.82) is 0 Å². The van der Waals surface area contributed by atoms with Gasteiger partial charge in [-0.3, -0.25) is 4.79 Å². The van der Waals surface area contributed by atoms with Gasteiger partial charge in [-0.15, -0.1) is 0 Å². The maximum atomic E-state index is 12.0. The lowest BCUT2D eigenvalue weighted by molar-refractivity contribution is -0.131. The first-order valence-electron chi connectivity index (χ1n) is 6.56. The molecule has 3 heteroatoms. The lowest BCUT2D eigenvalue weighted by Gasteiger charge is -2.32. The van der Waals surface area contributed by atoms with E-state index < -0.39 is 0 Å². The van der Waals surface area contributed by atoms with Gasteiger partial charge in [0, 0.05) is 24.5 Å². The Morgan fingerprint density at radius 2 is 1.81 bits per heavy atom. The molecule has 0 heterocycles. The van der Waals surface area contributed by atoms with Crippen LogP contribution in [0.4, 0.5) is 0 Å². The number of hydrogen-bond donors (Lipinski definition) is 2. The largest absolute Gasteiger partial charge is 0.354 e. The molecule has 3 nitrogen and oxygen atoms in total. The predicted molar refractivity (Wildman–Crippen MR) is 67.3 cm³/mol. The van der Waals surface area contributed by atoms with E-state index in [9.17, 15) is 4.79 Å². The van der Waals surface area contributed by atoms with Crippen LogP contribution in [0, 0.1) is 5.41 Å². The smallest absolute Gasteiger partial charge is 0.225 e. The Kier molecular flexibility index (Phi) is 5.26. The van der Waals surface area contributed by atoms with Gasteiger partial charge in [0.15, 0.2) is 0 Å². The first kappa shape index (κ1) is 13.5. The highest BCUT2D eigenvalue weighted by atomic mass is 16.2. The molecule has 2 N–H and O–H groups in total. The number of nitrogens with one attached hydrogen (secondary N) is 2. The fraction of sp³-hybridized carbons (Fsp3) is 0.923. The summed E-state index contributed by atoms with van der Waals surface area (Å²) in [5, 5.41) is 6.35. The van der Waals surface area contributed by atoms with Crippen molar-refractivity contribution in [2.45, 2.75) is 58.9 Å². The molecule has 1 amide bonds. The van der Waals surface area contributed by atoms with Crippen molar-refractivity contribution in [3.63, 3.8) is 0 Å². The molecule has 0 radical (unpaired) electrons. The average molecular weight is 226 g/mol. The van der Waals surface area contributed by atoms with Crippen LogP contribution in [-0.4, -0.2) is 25.0 Å². The van der Waals surface area contributed by atoms with Gasteiger partial charge < -0.3 is 10.6 Å². The highest BCUT2D eigenvalue weighted by Crippen LogP contribution is 2.35. The summed E-state index contributed by atoms with van der Waals surface area (Å²) < 4.78 is 0. The van der Waals surface area contributed by atoms with Crippen LogP contribution in [0.3, 0.4) is 0 Å². The molecular weight excluding hydrogens is 200 g/mol. The SMILES string of the molecule is CC(C)NCCNC(=O)C1(C)CCCCC1. The van der Waals surface area contributed by atoms with Crippen molar-refractivity contribution in [2.24, 2.45) is 5.41 Å². The zero-order valence-corrected chi connectivity index (χ0v) is 10.9. The molecule has 1 fully saturated rings. The minimum atomic E-state index is -0.101. The van der Waals surface area contributed by atoms with Crippen molar-refractivity contribution in [3.05, 3.63) is 0 Å². The second-order valence-corrected chi connectivity index (χ2v) is 5.49. The molecular formula is C13H26N2O. The number of hydrogen-bond acceptors (Lipinski definition) is 2. The van der Waals surface area contributed by atoms with E-state index in [1.807, 2.05) is 0 Å². The third kappa shape index (κ3) is 4.12. The maximum absolute atomic E-state index is 12.0. The average Bonchev–Trinajstić information content (AvgIpc) is 2.25. The molecule has 16 heavy (non-hydrogen) atoms. The Morgan fingerprint density at radius 3 is 2.38 bits per heavy atom. The summed E-state index contributed by atoms with van der Waals surface area (Å²) in [5.41, 5.74) is -0.101. The Bertz CT molecular complexity index is 220. The molecule has 0 aromatic rings. The van der Waals surface area contributed by atoms with Gasteiger partial charge in [-0.2, -0.15) is 0 Å². The molecule has 1 rings (SSSR count). The molecule has 1 aliphatic rings. The van der Waals surface area contributed by atoms with Gasteiger partial charge in [0.05, 0.1) is 0 Å². The summed E-state index contributed by atoms with van der Waals surface area (Å²) in [5.74, 6) is 0.248. The third-order valence-corrected chi connectivity index (χ3v) is 3.47. The van der Waals surface area contributed by atoms with E-state index in [0.717, 1.165) is 25.9 Å². The zero-order valence-electron chi connectivity index (χ0n) is 10.9. The molecule has 1 saturated carbocycles. The maximum Gasteiger partial charge on any atom is 0.225 e. The summed E-state index contributed by atoms with van der Waals surface area (Å²) in [4.78, 5) is 12.0. The zero-order chi connectivity index (χ0) is 12.0. The second kappa shape index (κ2) is 6.24. The molecule has 0 unspecified atom stereocenters. The molecule has 0 aromatic carbocycles. The fourth-order valence-electron chi connectivity index (χ4n) is 2.31. The quantitative estimate of drug-likeness (QED) is 0.705. The number of rotatable bonds is 5. The van der Waals surface area contributed by atoms with Gasteiger partial charge in [0.1, 0.15) is 0 Å². The summed E-state index contributed by atoms with van der Waals surface area (Å²) in [6.07, 6.45) is 5.80. The molecule has 0 atom stereocenters. The Balaban J connectivity index is 2.23. The minimum Gasteiger partial charge on any atom is -0.354 e. The topological polar surface area (TPSA) is 41.1 Å². The summed E-state index contributed by atoms with van der Waals surface area (Å²) >= 11 is 0. The second-order valence-electron chi connectivity index (χ2n) is 5.49. The van der Waals surface area contributed by atoms with Crippen molar-refractivity contribution in [2.75, 3.05) is 13.1 Å². The highest BCUT2D eigenvalue weighted by molar-refractivity contribution is 5.82. The Labute approximate surface area is 99.4 Å². The number of amides is 1. The van der Waals surface area contributed by atoms with Crippen LogP contribution in [0.1, 0.15) is 52.9 Å². The number of carbonyl (C=O) groups is 1. The molecule has 0 aliphatic heterocycles. The lowest BCUT2D eigenvalue weighted by atomic mass is 9.75. The van der Waals surface area contributed by atoms with E-state index in [1.54, 1.807) is 0 Å². The Hall–Kier alpha value is -0.570. The van der Waals surface area contributed by atoms with Gasteiger partial charge in [0.25, 0.3) is 0 Å². The van der Waals surface area contributed by atoms with Crippen molar-refractivity contribution >= 4 is 5.91 Å². The van der Waals surface area contributed by atoms with Crippen LogP contribution in [0.15, 0.2) is 0 Å². The van der Waals surface area contributed by atoms with Crippen molar-refractivity contribution in [3.8, 4) is 0 Å². The summed E-state index contributed by atoms with van der Waals surface area (Å²) in [6.45, 7) is 7.94. The predicted octanol–water partition coefficient (Wildman–Crippen LogP) is 2.07. The van der Waals surface area contributed by atoms with Crippen LogP contribution in [0.2, 0.25) is 0 Å². The summed E-state index contributed by atoms with van der Waals surface area (Å²) in [7, 11) is 0. The van der Waals surface area contributed by atoms with Gasteiger partial charge >= 0.3 is 0 Å². The molecule has 0 aromatic heterocycles. The van der Waals surface area contributed by atoms with E-state index in [2.05, 4.69) is 31.4 Å².